The van der Waals surface area contributed by atoms with Crippen LogP contribution < -0.4 is 10.1 Å². The lowest BCUT2D eigenvalue weighted by Crippen LogP contribution is -2.20. The van der Waals surface area contributed by atoms with E-state index in [1.807, 2.05) is 63.2 Å². The van der Waals surface area contributed by atoms with Gasteiger partial charge < -0.3 is 14.8 Å². The molecule has 1 amide bonds. The second-order valence-electron chi connectivity index (χ2n) is 5.74. The molecule has 0 unspecified atom stereocenters. The van der Waals surface area contributed by atoms with Crippen LogP contribution in [-0.4, -0.2) is 25.1 Å². The minimum absolute atomic E-state index is 0.333. The molecule has 26 heavy (non-hydrogen) atoms. The molecule has 0 atom stereocenters. The van der Waals surface area contributed by atoms with Crippen LogP contribution in [-0.2, 0) is 14.3 Å². The van der Waals surface area contributed by atoms with E-state index in [-0.39, 0.29) is 12.5 Å². The first-order valence-corrected chi connectivity index (χ1v) is 8.43. The zero-order chi connectivity index (χ0) is 18.9. The van der Waals surface area contributed by atoms with Crippen molar-refractivity contribution in [2.75, 3.05) is 18.5 Å². The van der Waals surface area contributed by atoms with Crippen LogP contribution in [0, 0.1) is 13.8 Å². The van der Waals surface area contributed by atoms with Crippen molar-refractivity contribution in [3.63, 3.8) is 0 Å². The van der Waals surface area contributed by atoms with Gasteiger partial charge in [-0.2, -0.15) is 0 Å². The fraction of sp³-hybridized carbons (Fsp3) is 0.238. The van der Waals surface area contributed by atoms with Crippen LogP contribution in [0.5, 0.6) is 5.75 Å². The van der Waals surface area contributed by atoms with Gasteiger partial charge in [0.2, 0.25) is 0 Å². The highest BCUT2D eigenvalue weighted by atomic mass is 16.5. The van der Waals surface area contributed by atoms with Gasteiger partial charge in [0.25, 0.3) is 5.91 Å². The monoisotopic (exact) mass is 353 g/mol. The average Bonchev–Trinajstić information content (AvgIpc) is 2.63. The second kappa shape index (κ2) is 9.42. The predicted octanol–water partition coefficient (Wildman–Crippen LogP) is 3.90. The number of benzene rings is 2. The molecule has 0 aromatic heterocycles. The molecule has 0 fully saturated rings. The lowest BCUT2D eigenvalue weighted by Gasteiger charge is -2.10. The fourth-order valence-corrected chi connectivity index (χ4v) is 2.26. The molecule has 5 nitrogen and oxygen atoms in total. The number of anilines is 1. The highest BCUT2D eigenvalue weighted by Gasteiger charge is 2.08. The number of carbonyl (C=O) groups excluding carboxylic acids is 2. The zero-order valence-electron chi connectivity index (χ0n) is 15.2. The Morgan fingerprint density at radius 3 is 2.50 bits per heavy atom. The van der Waals surface area contributed by atoms with Crippen LogP contribution in [0.2, 0.25) is 0 Å². The van der Waals surface area contributed by atoms with Crippen molar-refractivity contribution < 1.29 is 19.1 Å². The molecular weight excluding hydrogens is 330 g/mol. The zero-order valence-corrected chi connectivity index (χ0v) is 15.2. The van der Waals surface area contributed by atoms with E-state index >= 15 is 0 Å². The first kappa shape index (κ1) is 19.2. The van der Waals surface area contributed by atoms with Crippen LogP contribution >= 0.6 is 0 Å². The Kier molecular flexibility index (Phi) is 6.97. The minimum atomic E-state index is -0.574. The summed E-state index contributed by atoms with van der Waals surface area (Å²) in [5.41, 5.74) is 3.63. The fourth-order valence-electron chi connectivity index (χ4n) is 2.26. The van der Waals surface area contributed by atoms with Crippen molar-refractivity contribution in [3.05, 3.63) is 65.2 Å². The van der Waals surface area contributed by atoms with Gasteiger partial charge in [-0.3, -0.25) is 4.79 Å². The summed E-state index contributed by atoms with van der Waals surface area (Å²) in [6.07, 6.45) is 2.92. The van der Waals surface area contributed by atoms with Gasteiger partial charge in [-0.15, -0.1) is 0 Å². The molecular formula is C21H23NO4. The molecule has 0 spiro atoms. The van der Waals surface area contributed by atoms with Crippen LogP contribution in [0.4, 0.5) is 5.69 Å². The van der Waals surface area contributed by atoms with E-state index in [4.69, 9.17) is 9.47 Å². The van der Waals surface area contributed by atoms with Gasteiger partial charge in [-0.1, -0.05) is 24.3 Å². The van der Waals surface area contributed by atoms with Gasteiger partial charge >= 0.3 is 5.97 Å². The third-order valence-corrected chi connectivity index (χ3v) is 3.83. The molecule has 0 radical (unpaired) electrons. The summed E-state index contributed by atoms with van der Waals surface area (Å²) in [7, 11) is 0. The van der Waals surface area contributed by atoms with Crippen LogP contribution in [0.25, 0.3) is 6.08 Å². The Morgan fingerprint density at radius 2 is 1.81 bits per heavy atom. The largest absolute Gasteiger partial charge is 0.494 e. The van der Waals surface area contributed by atoms with Crippen LogP contribution in [0.1, 0.15) is 23.6 Å². The van der Waals surface area contributed by atoms with E-state index in [1.165, 1.54) is 6.08 Å². The summed E-state index contributed by atoms with van der Waals surface area (Å²) in [6, 6.07) is 13.0. The Hall–Kier alpha value is -3.08. The lowest BCUT2D eigenvalue weighted by molar-refractivity contribution is -0.142. The third-order valence-electron chi connectivity index (χ3n) is 3.83. The Balaban J connectivity index is 1.82. The highest BCUT2D eigenvalue weighted by molar-refractivity contribution is 5.95. The summed E-state index contributed by atoms with van der Waals surface area (Å²) >= 11 is 0. The molecule has 0 heterocycles. The molecule has 0 bridgehead atoms. The summed E-state index contributed by atoms with van der Waals surface area (Å²) in [5.74, 6) is -0.174. The Labute approximate surface area is 153 Å². The van der Waals surface area contributed by atoms with E-state index in [1.54, 1.807) is 6.08 Å². The molecule has 0 aliphatic carbocycles. The minimum Gasteiger partial charge on any atom is -0.494 e. The summed E-state index contributed by atoms with van der Waals surface area (Å²) in [6.45, 7) is 6.08. The SMILES string of the molecule is CCOc1ccc(C=CC(=O)OCC(=O)Nc2cccc(C)c2C)cc1. The molecule has 2 aromatic carbocycles. The number of hydrogen-bond acceptors (Lipinski definition) is 4. The topological polar surface area (TPSA) is 64.6 Å². The molecule has 2 aromatic rings. The number of hydrogen-bond donors (Lipinski definition) is 1. The van der Waals surface area contributed by atoms with Crippen molar-refractivity contribution in [2.45, 2.75) is 20.8 Å². The van der Waals surface area contributed by atoms with E-state index in [2.05, 4.69) is 5.32 Å². The van der Waals surface area contributed by atoms with E-state index in [9.17, 15) is 9.59 Å². The number of ether oxygens (including phenoxy) is 2. The standard InChI is InChI=1S/C21H23NO4/c1-4-25-18-11-8-17(9-12-18)10-13-21(24)26-14-20(23)22-19-7-5-6-15(2)16(19)3/h5-13H,4,14H2,1-3H3,(H,22,23). The van der Waals surface area contributed by atoms with Crippen molar-refractivity contribution >= 4 is 23.6 Å². The smallest absolute Gasteiger partial charge is 0.331 e. The Bertz CT molecular complexity index is 794. The summed E-state index contributed by atoms with van der Waals surface area (Å²) < 4.78 is 10.3. The maximum Gasteiger partial charge on any atom is 0.331 e. The first-order chi connectivity index (χ1) is 12.5. The second-order valence-corrected chi connectivity index (χ2v) is 5.74. The molecule has 1 N–H and O–H groups in total. The molecule has 2 rings (SSSR count). The number of aryl methyl sites for hydroxylation is 1. The lowest BCUT2D eigenvalue weighted by atomic mass is 10.1. The van der Waals surface area contributed by atoms with Gasteiger partial charge in [0.05, 0.1) is 6.61 Å². The molecule has 0 saturated carbocycles. The summed E-state index contributed by atoms with van der Waals surface area (Å²) in [4.78, 5) is 23.7. The quantitative estimate of drug-likeness (QED) is 0.606. The van der Waals surface area contributed by atoms with Crippen molar-refractivity contribution in [2.24, 2.45) is 0 Å². The number of amides is 1. The maximum atomic E-state index is 11.9. The summed E-state index contributed by atoms with van der Waals surface area (Å²) in [5, 5.41) is 2.74. The molecule has 5 heteroatoms. The van der Waals surface area contributed by atoms with Gasteiger partial charge in [-0.25, -0.2) is 4.79 Å². The molecule has 0 saturated heterocycles. The van der Waals surface area contributed by atoms with Gasteiger partial charge in [0.1, 0.15) is 5.75 Å². The van der Waals surface area contributed by atoms with Gasteiger partial charge in [-0.05, 0) is 61.7 Å². The highest BCUT2D eigenvalue weighted by Crippen LogP contribution is 2.17. The Morgan fingerprint density at radius 1 is 1.08 bits per heavy atom. The normalized spacial score (nSPS) is 10.6. The van der Waals surface area contributed by atoms with Crippen LogP contribution in [0.3, 0.4) is 0 Å². The van der Waals surface area contributed by atoms with E-state index in [0.29, 0.717) is 6.61 Å². The first-order valence-electron chi connectivity index (χ1n) is 8.43. The molecule has 0 aliphatic rings. The van der Waals surface area contributed by atoms with E-state index in [0.717, 1.165) is 28.1 Å². The average molecular weight is 353 g/mol. The number of nitrogens with one attached hydrogen (secondary N) is 1. The number of esters is 1. The van der Waals surface area contributed by atoms with Crippen molar-refractivity contribution in [3.8, 4) is 5.75 Å². The molecule has 0 aliphatic heterocycles. The van der Waals surface area contributed by atoms with Gasteiger partial charge in [0.15, 0.2) is 6.61 Å². The third kappa shape index (κ3) is 5.77. The number of carbonyl (C=O) groups is 2. The van der Waals surface area contributed by atoms with Crippen molar-refractivity contribution in [1.82, 2.24) is 0 Å². The van der Waals surface area contributed by atoms with Gasteiger partial charge in [0, 0.05) is 11.8 Å². The molecule has 136 valence electrons. The van der Waals surface area contributed by atoms with E-state index < -0.39 is 5.97 Å². The maximum absolute atomic E-state index is 11.9. The van der Waals surface area contributed by atoms with Crippen molar-refractivity contribution in [1.29, 1.82) is 0 Å². The number of rotatable bonds is 7. The predicted molar refractivity (Wildman–Crippen MR) is 102 cm³/mol. The van der Waals surface area contributed by atoms with Crippen LogP contribution in [0.15, 0.2) is 48.5 Å².